The molecule has 6 heteroatoms. The summed E-state index contributed by atoms with van der Waals surface area (Å²) < 4.78 is 7.22. The van der Waals surface area contributed by atoms with Crippen molar-refractivity contribution in [3.8, 4) is 0 Å². The Bertz CT molecular complexity index is 381. The smallest absolute Gasteiger partial charge is 0.315 e. The summed E-state index contributed by atoms with van der Waals surface area (Å²) in [5, 5.41) is 4.08. The number of carbonyl (C=O) groups excluding carboxylic acids is 1. The van der Waals surface area contributed by atoms with E-state index >= 15 is 0 Å². The molecule has 0 bridgehead atoms. The van der Waals surface area contributed by atoms with Gasteiger partial charge in [-0.2, -0.15) is 5.10 Å². The van der Waals surface area contributed by atoms with Gasteiger partial charge in [0, 0.05) is 20.4 Å². The number of aryl methyl sites for hydroxylation is 1. The minimum Gasteiger partial charge on any atom is -0.368 e. The van der Waals surface area contributed by atoms with E-state index in [0.29, 0.717) is 13.1 Å². The van der Waals surface area contributed by atoms with Crippen molar-refractivity contribution in [2.75, 3.05) is 20.2 Å². The fourth-order valence-corrected chi connectivity index (χ4v) is 1.94. The number of primary amides is 1. The molecule has 0 spiro atoms. The lowest BCUT2D eigenvalue weighted by molar-refractivity contribution is -0.115. The quantitative estimate of drug-likeness (QED) is 0.725. The molecular weight excluding hydrogens is 196 g/mol. The van der Waals surface area contributed by atoms with Crippen molar-refractivity contribution in [1.82, 2.24) is 14.7 Å². The van der Waals surface area contributed by atoms with Crippen molar-refractivity contribution < 1.29 is 9.53 Å². The van der Waals surface area contributed by atoms with E-state index in [0.717, 1.165) is 5.69 Å². The van der Waals surface area contributed by atoms with Gasteiger partial charge in [-0.3, -0.25) is 4.68 Å². The van der Waals surface area contributed by atoms with Crippen molar-refractivity contribution in [1.29, 1.82) is 0 Å². The van der Waals surface area contributed by atoms with Crippen molar-refractivity contribution in [3.05, 3.63) is 18.0 Å². The van der Waals surface area contributed by atoms with Crippen LogP contribution in [0.3, 0.4) is 0 Å². The lowest BCUT2D eigenvalue weighted by atomic mass is 9.90. The first kappa shape index (κ1) is 9.97. The molecule has 0 atom stereocenters. The molecule has 2 rings (SSSR count). The zero-order valence-electron chi connectivity index (χ0n) is 8.80. The number of urea groups is 1. The molecule has 1 saturated heterocycles. The molecule has 2 amide bonds. The highest BCUT2D eigenvalue weighted by molar-refractivity contribution is 5.73. The van der Waals surface area contributed by atoms with Gasteiger partial charge in [0.2, 0.25) is 0 Å². The van der Waals surface area contributed by atoms with Gasteiger partial charge >= 0.3 is 6.03 Å². The largest absolute Gasteiger partial charge is 0.368 e. The van der Waals surface area contributed by atoms with Crippen LogP contribution in [0.25, 0.3) is 0 Å². The first-order valence-corrected chi connectivity index (χ1v) is 4.67. The van der Waals surface area contributed by atoms with Crippen LogP contribution in [0.1, 0.15) is 5.69 Å². The van der Waals surface area contributed by atoms with Gasteiger partial charge in [0.25, 0.3) is 0 Å². The minimum absolute atomic E-state index is 0.412. The van der Waals surface area contributed by atoms with Gasteiger partial charge in [-0.15, -0.1) is 0 Å². The zero-order valence-corrected chi connectivity index (χ0v) is 8.80. The Hall–Kier alpha value is -1.56. The molecule has 1 aliphatic heterocycles. The molecule has 2 N–H and O–H groups in total. The number of likely N-dealkylation sites (tertiary alicyclic amines) is 1. The van der Waals surface area contributed by atoms with E-state index in [4.69, 9.17) is 10.5 Å². The Kier molecular flexibility index (Phi) is 2.15. The maximum atomic E-state index is 10.9. The SMILES string of the molecule is COC1(c2ccnn2C)CN(C(N)=O)C1. The number of rotatable bonds is 2. The second-order valence-corrected chi connectivity index (χ2v) is 3.73. The van der Waals surface area contributed by atoms with Crippen LogP contribution in [0, 0.1) is 0 Å². The molecular formula is C9H14N4O2. The number of amides is 2. The molecule has 0 aliphatic carbocycles. The Morgan fingerprint density at radius 2 is 2.33 bits per heavy atom. The Balaban J connectivity index is 2.21. The summed E-state index contributed by atoms with van der Waals surface area (Å²) in [5.74, 6) is 0. The average molecular weight is 210 g/mol. The van der Waals surface area contributed by atoms with Crippen LogP contribution < -0.4 is 5.73 Å². The summed E-state index contributed by atoms with van der Waals surface area (Å²) in [7, 11) is 3.48. The standard InChI is InChI=1S/C9H14N4O2/c1-12-7(3-4-11-12)9(15-2)5-13(6-9)8(10)14/h3-4H,5-6H2,1-2H3,(H2,10,14). The van der Waals surface area contributed by atoms with Gasteiger partial charge in [-0.05, 0) is 6.07 Å². The van der Waals surface area contributed by atoms with E-state index in [9.17, 15) is 4.79 Å². The first-order chi connectivity index (χ1) is 7.09. The van der Waals surface area contributed by atoms with Crippen molar-refractivity contribution >= 4 is 6.03 Å². The topological polar surface area (TPSA) is 73.4 Å². The fourth-order valence-electron chi connectivity index (χ4n) is 1.94. The summed E-state index contributed by atoms with van der Waals surface area (Å²) in [4.78, 5) is 12.4. The van der Waals surface area contributed by atoms with Crippen LogP contribution in [-0.4, -0.2) is 40.9 Å². The minimum atomic E-state index is -0.444. The fraction of sp³-hybridized carbons (Fsp3) is 0.556. The van der Waals surface area contributed by atoms with E-state index in [2.05, 4.69) is 5.10 Å². The van der Waals surface area contributed by atoms with E-state index < -0.39 is 11.6 Å². The van der Waals surface area contributed by atoms with Crippen LogP contribution in [0.15, 0.2) is 12.3 Å². The molecule has 1 aromatic heterocycles. The Morgan fingerprint density at radius 3 is 2.73 bits per heavy atom. The highest BCUT2D eigenvalue weighted by atomic mass is 16.5. The second kappa shape index (κ2) is 3.23. The predicted octanol–water partition coefficient (Wildman–Crippen LogP) is -0.344. The molecule has 15 heavy (non-hydrogen) atoms. The zero-order chi connectivity index (χ0) is 11.1. The molecule has 1 aliphatic rings. The molecule has 0 radical (unpaired) electrons. The summed E-state index contributed by atoms with van der Waals surface area (Å²) in [6.07, 6.45) is 1.71. The molecule has 2 heterocycles. The van der Waals surface area contributed by atoms with Crippen molar-refractivity contribution in [3.63, 3.8) is 0 Å². The highest BCUT2D eigenvalue weighted by Crippen LogP contribution is 2.34. The summed E-state index contributed by atoms with van der Waals surface area (Å²) >= 11 is 0. The lowest BCUT2D eigenvalue weighted by Crippen LogP contribution is -2.64. The molecule has 1 aromatic rings. The number of nitrogens with two attached hydrogens (primary N) is 1. The molecule has 6 nitrogen and oxygen atoms in total. The monoisotopic (exact) mass is 210 g/mol. The van der Waals surface area contributed by atoms with Gasteiger partial charge in [-0.25, -0.2) is 4.79 Å². The van der Waals surface area contributed by atoms with Gasteiger partial charge in [0.15, 0.2) is 0 Å². The molecule has 0 aromatic carbocycles. The molecule has 1 fully saturated rings. The summed E-state index contributed by atoms with van der Waals surface area (Å²) in [5.41, 5.74) is 5.69. The number of methoxy groups -OCH3 is 1. The van der Waals surface area contributed by atoms with Crippen LogP contribution in [-0.2, 0) is 17.4 Å². The third-order valence-corrected chi connectivity index (χ3v) is 2.88. The number of ether oxygens (including phenoxy) is 1. The highest BCUT2D eigenvalue weighted by Gasteiger charge is 2.48. The Labute approximate surface area is 87.6 Å². The molecule has 0 saturated carbocycles. The summed E-state index contributed by atoms with van der Waals surface area (Å²) in [6, 6.07) is 1.48. The maximum absolute atomic E-state index is 10.9. The number of hydrogen-bond acceptors (Lipinski definition) is 3. The van der Waals surface area contributed by atoms with Crippen LogP contribution in [0.4, 0.5) is 4.79 Å². The Morgan fingerprint density at radius 1 is 1.67 bits per heavy atom. The third-order valence-electron chi connectivity index (χ3n) is 2.88. The predicted molar refractivity (Wildman–Crippen MR) is 53.1 cm³/mol. The number of carbonyl (C=O) groups is 1. The maximum Gasteiger partial charge on any atom is 0.315 e. The number of nitrogens with zero attached hydrogens (tertiary/aromatic N) is 3. The number of aromatic nitrogens is 2. The second-order valence-electron chi connectivity index (χ2n) is 3.73. The van der Waals surface area contributed by atoms with E-state index in [1.54, 1.807) is 18.0 Å². The molecule has 0 unspecified atom stereocenters. The number of hydrogen-bond donors (Lipinski definition) is 1. The van der Waals surface area contributed by atoms with Gasteiger partial charge in [0.05, 0.1) is 18.8 Å². The van der Waals surface area contributed by atoms with E-state index in [1.165, 1.54) is 4.90 Å². The molecule has 82 valence electrons. The van der Waals surface area contributed by atoms with E-state index in [1.807, 2.05) is 13.1 Å². The lowest BCUT2D eigenvalue weighted by Gasteiger charge is -2.47. The third kappa shape index (κ3) is 1.37. The average Bonchev–Trinajstić information content (AvgIpc) is 2.51. The van der Waals surface area contributed by atoms with Crippen LogP contribution in [0.5, 0.6) is 0 Å². The first-order valence-electron chi connectivity index (χ1n) is 4.67. The van der Waals surface area contributed by atoms with Gasteiger partial charge in [0.1, 0.15) is 5.60 Å². The van der Waals surface area contributed by atoms with Gasteiger partial charge in [-0.1, -0.05) is 0 Å². The van der Waals surface area contributed by atoms with Gasteiger partial charge < -0.3 is 15.4 Å². The normalized spacial score (nSPS) is 18.7. The van der Waals surface area contributed by atoms with E-state index in [-0.39, 0.29) is 0 Å². The van der Waals surface area contributed by atoms with Crippen LogP contribution in [0.2, 0.25) is 0 Å². The van der Waals surface area contributed by atoms with Crippen molar-refractivity contribution in [2.24, 2.45) is 12.8 Å². The van der Waals surface area contributed by atoms with Crippen molar-refractivity contribution in [2.45, 2.75) is 5.60 Å². The van der Waals surface area contributed by atoms with Crippen LogP contribution >= 0.6 is 0 Å². The summed E-state index contributed by atoms with van der Waals surface area (Å²) in [6.45, 7) is 0.969.